The van der Waals surface area contributed by atoms with Crippen LogP contribution in [0.15, 0.2) is 29.3 Å². The van der Waals surface area contributed by atoms with E-state index in [-0.39, 0.29) is 19.9 Å². The van der Waals surface area contributed by atoms with Crippen molar-refractivity contribution >= 4 is 25.0 Å². The van der Waals surface area contributed by atoms with Gasteiger partial charge in [-0.2, -0.15) is 0 Å². The molecule has 0 aromatic heterocycles. The summed E-state index contributed by atoms with van der Waals surface area (Å²) in [4.78, 5) is 23.1. The summed E-state index contributed by atoms with van der Waals surface area (Å²) in [6.07, 6.45) is 29.2. The van der Waals surface area contributed by atoms with Crippen molar-refractivity contribution in [3.05, 3.63) is 29.8 Å². The summed E-state index contributed by atoms with van der Waals surface area (Å²) in [7, 11) is -0.266. The molecule has 238 valence electrons. The average molecular weight is 605 g/mol. The van der Waals surface area contributed by atoms with Crippen LogP contribution in [0.1, 0.15) is 161 Å². The van der Waals surface area contributed by atoms with Gasteiger partial charge in [0.1, 0.15) is 5.84 Å². The summed E-state index contributed by atoms with van der Waals surface area (Å²) in [6, 6.07) is 10.1. The molecule has 1 aromatic rings. The van der Waals surface area contributed by atoms with Crippen molar-refractivity contribution in [3.8, 4) is 0 Å². The highest BCUT2D eigenvalue weighted by Gasteiger charge is 2.49. The second-order valence-electron chi connectivity index (χ2n) is 15.0. The van der Waals surface area contributed by atoms with Gasteiger partial charge >= 0.3 is 0 Å². The minimum Gasteiger partial charge on any atom is -0.291 e. The van der Waals surface area contributed by atoms with Crippen LogP contribution in [0.25, 0.3) is 0 Å². The SMILES string of the molecule is CCC(CC)C(=O)N1C(c2ccccc2P(C2CCCCC2)C2CCCCC2)=N[C@@H](C2CCCCC2)[C@@H]1C1CCCCC1. The van der Waals surface area contributed by atoms with E-state index in [4.69, 9.17) is 4.99 Å². The Morgan fingerprint density at radius 2 is 1.21 bits per heavy atom. The number of amides is 1. The van der Waals surface area contributed by atoms with Gasteiger partial charge in [-0.1, -0.05) is 123 Å². The van der Waals surface area contributed by atoms with E-state index in [2.05, 4.69) is 43.0 Å². The zero-order valence-electron chi connectivity index (χ0n) is 27.7. The van der Waals surface area contributed by atoms with Crippen LogP contribution in [-0.2, 0) is 4.79 Å². The number of carbonyl (C=O) groups excluding carboxylic acids is 1. The summed E-state index contributed by atoms with van der Waals surface area (Å²) in [5, 5.41) is 1.61. The van der Waals surface area contributed by atoms with Crippen LogP contribution in [0.5, 0.6) is 0 Å². The lowest BCUT2D eigenvalue weighted by Gasteiger charge is -2.42. The maximum atomic E-state index is 14.8. The molecule has 4 saturated carbocycles. The highest BCUT2D eigenvalue weighted by Crippen LogP contribution is 2.56. The molecule has 0 saturated heterocycles. The molecule has 4 heteroatoms. The van der Waals surface area contributed by atoms with Crippen molar-refractivity contribution in [1.82, 2.24) is 4.90 Å². The molecule has 3 nitrogen and oxygen atoms in total. The number of rotatable bonds is 9. The summed E-state index contributed by atoms with van der Waals surface area (Å²) >= 11 is 0. The van der Waals surface area contributed by atoms with Crippen LogP contribution in [0.4, 0.5) is 0 Å². The fourth-order valence-electron chi connectivity index (χ4n) is 9.98. The summed E-state index contributed by atoms with van der Waals surface area (Å²) in [5.74, 6) is 2.85. The lowest BCUT2D eigenvalue weighted by molar-refractivity contribution is -0.134. The highest BCUT2D eigenvalue weighted by atomic mass is 31.1. The van der Waals surface area contributed by atoms with Gasteiger partial charge in [0.15, 0.2) is 0 Å². The maximum Gasteiger partial charge on any atom is 0.231 e. The lowest BCUT2D eigenvalue weighted by atomic mass is 9.74. The predicted octanol–water partition coefficient (Wildman–Crippen LogP) is 10.4. The Balaban J connectivity index is 1.46. The number of amidine groups is 1. The fourth-order valence-corrected chi connectivity index (χ4v) is 13.9. The maximum absolute atomic E-state index is 14.8. The minimum atomic E-state index is -0.266. The van der Waals surface area contributed by atoms with Crippen LogP contribution in [0, 0.1) is 17.8 Å². The molecule has 6 rings (SSSR count). The molecule has 5 aliphatic rings. The van der Waals surface area contributed by atoms with E-state index in [1.165, 1.54) is 134 Å². The smallest absolute Gasteiger partial charge is 0.231 e. The molecule has 43 heavy (non-hydrogen) atoms. The Labute approximate surface area is 265 Å². The van der Waals surface area contributed by atoms with E-state index < -0.39 is 0 Å². The van der Waals surface area contributed by atoms with Crippen molar-refractivity contribution in [1.29, 1.82) is 0 Å². The Morgan fingerprint density at radius 3 is 1.74 bits per heavy atom. The quantitative estimate of drug-likeness (QED) is 0.258. The molecule has 1 aliphatic heterocycles. The lowest BCUT2D eigenvalue weighted by Crippen LogP contribution is -2.52. The van der Waals surface area contributed by atoms with Gasteiger partial charge in [0.25, 0.3) is 0 Å². The molecular formula is C39H61N2OP. The number of aliphatic imine (C=N–C) groups is 1. The summed E-state index contributed by atoms with van der Waals surface area (Å²) in [6.45, 7) is 4.46. The van der Waals surface area contributed by atoms with Gasteiger partial charge in [-0.3, -0.25) is 14.7 Å². The van der Waals surface area contributed by atoms with Crippen molar-refractivity contribution in [3.63, 3.8) is 0 Å². The van der Waals surface area contributed by atoms with E-state index >= 15 is 0 Å². The largest absolute Gasteiger partial charge is 0.291 e. The number of carbonyl (C=O) groups is 1. The standard InChI is InChI=1S/C39H61N2OP/c1-3-29(4-2)39(42)41-37(31-21-11-6-12-22-31)36(30-19-9-5-10-20-30)40-38(41)34-27-17-18-28-35(34)43(32-23-13-7-14-24-32)33-25-15-8-16-26-33/h17-18,27-33,36-37H,3-16,19-26H2,1-2H3/t36-,37-/m0/s1. The molecule has 2 atom stereocenters. The molecule has 4 aliphatic carbocycles. The van der Waals surface area contributed by atoms with Crippen molar-refractivity contribution in [2.75, 3.05) is 0 Å². The molecule has 4 fully saturated rings. The van der Waals surface area contributed by atoms with E-state index in [0.29, 0.717) is 23.8 Å². The van der Waals surface area contributed by atoms with Gasteiger partial charge in [-0.05, 0) is 92.7 Å². The molecule has 0 N–H and O–H groups in total. The Kier molecular flexibility index (Phi) is 11.4. The molecule has 0 unspecified atom stereocenters. The topological polar surface area (TPSA) is 32.7 Å². The molecular weight excluding hydrogens is 543 g/mol. The van der Waals surface area contributed by atoms with Gasteiger partial charge < -0.3 is 0 Å². The first-order valence-corrected chi connectivity index (χ1v) is 20.5. The average Bonchev–Trinajstić information content (AvgIpc) is 3.48. The zero-order valence-corrected chi connectivity index (χ0v) is 28.6. The molecule has 1 heterocycles. The van der Waals surface area contributed by atoms with Crippen LogP contribution in [-0.4, -0.2) is 40.0 Å². The summed E-state index contributed by atoms with van der Waals surface area (Å²) < 4.78 is 0. The zero-order chi connectivity index (χ0) is 29.6. The first-order valence-electron chi connectivity index (χ1n) is 19.0. The normalized spacial score (nSPS) is 27.3. The highest BCUT2D eigenvalue weighted by molar-refractivity contribution is 7.67. The van der Waals surface area contributed by atoms with Crippen molar-refractivity contribution in [2.45, 2.75) is 179 Å². The van der Waals surface area contributed by atoms with Crippen LogP contribution in [0.3, 0.4) is 0 Å². The Morgan fingerprint density at radius 1 is 0.721 bits per heavy atom. The van der Waals surface area contributed by atoms with Crippen LogP contribution < -0.4 is 5.30 Å². The van der Waals surface area contributed by atoms with Gasteiger partial charge in [0.05, 0.1) is 12.1 Å². The Hall–Kier alpha value is -1.21. The number of hydrogen-bond acceptors (Lipinski definition) is 2. The first kappa shape index (κ1) is 31.8. The monoisotopic (exact) mass is 604 g/mol. The van der Waals surface area contributed by atoms with Gasteiger partial charge in [0.2, 0.25) is 5.91 Å². The second-order valence-corrected chi connectivity index (χ2v) is 17.7. The molecule has 1 amide bonds. The third-order valence-corrected chi connectivity index (χ3v) is 15.9. The third kappa shape index (κ3) is 6.98. The number of nitrogens with zero attached hydrogens (tertiary/aromatic N) is 2. The van der Waals surface area contributed by atoms with Crippen LogP contribution in [0.2, 0.25) is 0 Å². The van der Waals surface area contributed by atoms with Crippen molar-refractivity contribution < 1.29 is 4.79 Å². The molecule has 1 aromatic carbocycles. The molecule has 0 bridgehead atoms. The summed E-state index contributed by atoms with van der Waals surface area (Å²) in [5.41, 5.74) is 3.06. The van der Waals surface area contributed by atoms with E-state index in [1.807, 2.05) is 0 Å². The van der Waals surface area contributed by atoms with Gasteiger partial charge in [-0.25, -0.2) is 0 Å². The molecule has 0 spiro atoms. The number of hydrogen-bond donors (Lipinski definition) is 0. The molecule has 0 radical (unpaired) electrons. The minimum absolute atomic E-state index is 0.103. The Bertz CT molecular complexity index is 1040. The van der Waals surface area contributed by atoms with E-state index in [0.717, 1.165) is 30.0 Å². The van der Waals surface area contributed by atoms with Crippen molar-refractivity contribution in [2.24, 2.45) is 22.7 Å². The predicted molar refractivity (Wildman–Crippen MR) is 185 cm³/mol. The van der Waals surface area contributed by atoms with E-state index in [9.17, 15) is 4.79 Å². The second kappa shape index (κ2) is 15.4. The fraction of sp³-hybridized carbons (Fsp3) is 0.795. The first-order chi connectivity index (χ1) is 21.2. The third-order valence-electron chi connectivity index (χ3n) is 12.3. The van der Waals surface area contributed by atoms with E-state index in [1.54, 1.807) is 5.30 Å². The van der Waals surface area contributed by atoms with Gasteiger partial charge in [-0.15, -0.1) is 0 Å². The number of benzene rings is 1. The van der Waals surface area contributed by atoms with Crippen LogP contribution >= 0.6 is 7.92 Å². The van der Waals surface area contributed by atoms with Gasteiger partial charge in [0, 0.05) is 11.5 Å².